The Bertz CT molecular complexity index is 901. The number of primary amides is 1. The third kappa shape index (κ3) is 2.55. The van der Waals surface area contributed by atoms with Crippen molar-refractivity contribution in [3.05, 3.63) is 58.9 Å². The Morgan fingerprint density at radius 1 is 1.26 bits per heavy atom. The number of fused-ring (bicyclic) bond motifs is 1. The molecule has 1 aliphatic heterocycles. The number of rotatable bonds is 3. The van der Waals surface area contributed by atoms with Gasteiger partial charge in [0.25, 0.3) is 10.0 Å². The monoisotopic (exact) mass is 354 g/mol. The first kappa shape index (κ1) is 15.8. The van der Waals surface area contributed by atoms with E-state index in [0.717, 1.165) is 22.5 Å². The average molecular weight is 355 g/mol. The lowest BCUT2D eigenvalue weighted by atomic mass is 10.1. The third-order valence-corrected chi connectivity index (χ3v) is 5.99. The largest absolute Gasteiger partial charge is 0.368 e. The lowest BCUT2D eigenvalue weighted by Crippen LogP contribution is -2.46. The van der Waals surface area contributed by atoms with Gasteiger partial charge >= 0.3 is 0 Å². The van der Waals surface area contributed by atoms with Gasteiger partial charge in [0.05, 0.1) is 10.7 Å². The van der Waals surface area contributed by atoms with Crippen molar-refractivity contribution in [1.29, 1.82) is 0 Å². The van der Waals surface area contributed by atoms with E-state index in [1.54, 1.807) is 24.3 Å². The molecule has 1 amide bonds. The molecular formula is C15H12ClFN2O3S. The van der Waals surface area contributed by atoms with Crippen molar-refractivity contribution >= 4 is 33.2 Å². The first-order valence-electron chi connectivity index (χ1n) is 6.69. The van der Waals surface area contributed by atoms with Crippen LogP contribution < -0.4 is 10.0 Å². The molecule has 2 N–H and O–H groups in total. The molecule has 0 unspecified atom stereocenters. The number of hydrogen-bond donors (Lipinski definition) is 1. The van der Waals surface area contributed by atoms with E-state index in [2.05, 4.69) is 0 Å². The van der Waals surface area contributed by atoms with E-state index >= 15 is 0 Å². The number of nitrogens with two attached hydrogens (primary N) is 1. The van der Waals surface area contributed by atoms with Gasteiger partial charge in [0.1, 0.15) is 16.8 Å². The summed E-state index contributed by atoms with van der Waals surface area (Å²) in [5.74, 6) is -1.41. The lowest BCUT2D eigenvalue weighted by molar-refractivity contribution is -0.118. The first-order valence-corrected chi connectivity index (χ1v) is 8.51. The summed E-state index contributed by atoms with van der Waals surface area (Å²) in [7, 11) is -4.16. The van der Waals surface area contributed by atoms with Crippen LogP contribution in [0.15, 0.2) is 47.4 Å². The van der Waals surface area contributed by atoms with Gasteiger partial charge in [-0.3, -0.25) is 9.10 Å². The van der Waals surface area contributed by atoms with Crippen LogP contribution in [0.2, 0.25) is 5.02 Å². The summed E-state index contributed by atoms with van der Waals surface area (Å²) in [6.45, 7) is 0. The van der Waals surface area contributed by atoms with Crippen molar-refractivity contribution in [2.24, 2.45) is 5.73 Å². The molecular weight excluding hydrogens is 343 g/mol. The van der Waals surface area contributed by atoms with Gasteiger partial charge in [-0.25, -0.2) is 12.8 Å². The molecule has 0 saturated heterocycles. The van der Waals surface area contributed by atoms with Crippen molar-refractivity contribution in [2.45, 2.75) is 17.4 Å². The van der Waals surface area contributed by atoms with Crippen molar-refractivity contribution in [3.63, 3.8) is 0 Å². The van der Waals surface area contributed by atoms with Crippen LogP contribution in [0.25, 0.3) is 0 Å². The van der Waals surface area contributed by atoms with Crippen molar-refractivity contribution in [1.82, 2.24) is 0 Å². The topological polar surface area (TPSA) is 80.5 Å². The molecule has 1 heterocycles. The lowest BCUT2D eigenvalue weighted by Gasteiger charge is -2.25. The molecule has 23 heavy (non-hydrogen) atoms. The Balaban J connectivity index is 2.19. The van der Waals surface area contributed by atoms with Crippen LogP contribution in [0.3, 0.4) is 0 Å². The number of sulfonamides is 1. The number of benzene rings is 2. The minimum Gasteiger partial charge on any atom is -0.368 e. The first-order chi connectivity index (χ1) is 10.8. The van der Waals surface area contributed by atoms with E-state index in [1.165, 1.54) is 0 Å². The smallest absolute Gasteiger partial charge is 0.266 e. The highest BCUT2D eigenvalue weighted by molar-refractivity contribution is 7.93. The van der Waals surface area contributed by atoms with Crippen LogP contribution in [-0.4, -0.2) is 20.4 Å². The molecule has 2 aromatic rings. The van der Waals surface area contributed by atoms with Crippen LogP contribution >= 0.6 is 11.6 Å². The predicted octanol–water partition coefficient (Wildman–Crippen LogP) is 2.08. The summed E-state index contributed by atoms with van der Waals surface area (Å²) in [5.41, 5.74) is 6.43. The second-order valence-electron chi connectivity index (χ2n) is 5.13. The predicted molar refractivity (Wildman–Crippen MR) is 84.2 cm³/mol. The quantitative estimate of drug-likeness (QED) is 0.916. The molecule has 0 saturated carbocycles. The maximum absolute atomic E-state index is 13.2. The fraction of sp³-hybridized carbons (Fsp3) is 0.133. The van der Waals surface area contributed by atoms with Gasteiger partial charge in [0.2, 0.25) is 5.91 Å². The van der Waals surface area contributed by atoms with Gasteiger partial charge in [-0.05, 0) is 29.8 Å². The number of hydrogen-bond acceptors (Lipinski definition) is 3. The normalized spacial score (nSPS) is 17.1. The highest BCUT2D eigenvalue weighted by Gasteiger charge is 2.41. The molecule has 0 bridgehead atoms. The molecule has 0 radical (unpaired) electrons. The van der Waals surface area contributed by atoms with E-state index in [-0.39, 0.29) is 16.3 Å². The summed E-state index contributed by atoms with van der Waals surface area (Å²) < 4.78 is 40.1. The Kier molecular flexibility index (Phi) is 3.77. The highest BCUT2D eigenvalue weighted by atomic mass is 35.5. The van der Waals surface area contributed by atoms with E-state index in [0.29, 0.717) is 11.3 Å². The molecule has 8 heteroatoms. The Labute approximate surface area is 137 Å². The number of nitrogens with zero attached hydrogens (tertiary/aromatic N) is 1. The van der Waals surface area contributed by atoms with E-state index in [4.69, 9.17) is 17.3 Å². The second kappa shape index (κ2) is 5.50. The molecule has 1 aliphatic rings. The summed E-state index contributed by atoms with van der Waals surface area (Å²) in [5, 5.41) is -0.252. The van der Waals surface area contributed by atoms with Crippen molar-refractivity contribution < 1.29 is 17.6 Å². The maximum atomic E-state index is 13.2. The van der Waals surface area contributed by atoms with E-state index in [9.17, 15) is 17.6 Å². The van der Waals surface area contributed by atoms with E-state index < -0.39 is 27.8 Å². The van der Waals surface area contributed by atoms with Crippen LogP contribution in [0.4, 0.5) is 10.1 Å². The molecule has 2 aromatic carbocycles. The molecule has 5 nitrogen and oxygen atoms in total. The number of amides is 1. The number of carbonyl (C=O) groups is 1. The zero-order chi connectivity index (χ0) is 16.8. The second-order valence-corrected chi connectivity index (χ2v) is 7.32. The van der Waals surface area contributed by atoms with Crippen LogP contribution in [0.5, 0.6) is 0 Å². The van der Waals surface area contributed by atoms with Gasteiger partial charge < -0.3 is 5.73 Å². The van der Waals surface area contributed by atoms with Gasteiger partial charge in [-0.2, -0.15) is 0 Å². The van der Waals surface area contributed by atoms with Crippen molar-refractivity contribution in [2.75, 3.05) is 4.31 Å². The van der Waals surface area contributed by atoms with Gasteiger partial charge in [0, 0.05) is 6.42 Å². The molecule has 1 atom stereocenters. The molecule has 0 aromatic heterocycles. The molecule has 3 rings (SSSR count). The van der Waals surface area contributed by atoms with Gasteiger partial charge in [-0.1, -0.05) is 29.8 Å². The standard InChI is InChI=1S/C15H12ClFN2O3S/c16-11-8-10(17)5-6-14(11)23(21,22)19-12-4-2-1-3-9(12)7-13(19)15(18)20/h1-6,8,13H,7H2,(H2,18,20)/t13-/m0/s1. The summed E-state index contributed by atoms with van der Waals surface area (Å²) in [6.07, 6.45) is 0.184. The van der Waals surface area contributed by atoms with Crippen LogP contribution in [0, 0.1) is 5.82 Å². The maximum Gasteiger partial charge on any atom is 0.266 e. The minimum absolute atomic E-state index is 0.184. The number of halogens is 2. The summed E-state index contributed by atoms with van der Waals surface area (Å²) >= 11 is 5.88. The Hall–Kier alpha value is -2.12. The van der Waals surface area contributed by atoms with Crippen LogP contribution in [0.1, 0.15) is 5.56 Å². The van der Waals surface area contributed by atoms with E-state index in [1.807, 2.05) is 0 Å². The number of para-hydroxylation sites is 1. The number of carbonyl (C=O) groups excluding carboxylic acids is 1. The van der Waals surface area contributed by atoms with Crippen molar-refractivity contribution in [3.8, 4) is 0 Å². The molecule has 120 valence electrons. The molecule has 0 aliphatic carbocycles. The Morgan fingerprint density at radius 3 is 2.61 bits per heavy atom. The summed E-state index contributed by atoms with van der Waals surface area (Å²) in [6, 6.07) is 8.68. The highest BCUT2D eigenvalue weighted by Crippen LogP contribution is 2.38. The van der Waals surface area contributed by atoms with Crippen LogP contribution in [-0.2, 0) is 21.2 Å². The zero-order valence-corrected chi connectivity index (χ0v) is 13.3. The Morgan fingerprint density at radius 2 is 1.96 bits per heavy atom. The average Bonchev–Trinajstić information content (AvgIpc) is 2.87. The van der Waals surface area contributed by atoms with Gasteiger partial charge in [-0.15, -0.1) is 0 Å². The zero-order valence-electron chi connectivity index (χ0n) is 11.7. The fourth-order valence-corrected chi connectivity index (χ4v) is 4.83. The number of anilines is 1. The molecule has 0 fully saturated rings. The fourth-order valence-electron chi connectivity index (χ4n) is 2.66. The SMILES string of the molecule is NC(=O)[C@@H]1Cc2ccccc2N1S(=O)(=O)c1ccc(F)cc1Cl. The third-order valence-electron chi connectivity index (χ3n) is 3.68. The minimum atomic E-state index is -4.16. The van der Waals surface area contributed by atoms with Gasteiger partial charge in [0.15, 0.2) is 0 Å². The summed E-state index contributed by atoms with van der Waals surface area (Å²) in [4.78, 5) is 11.4. The molecule has 0 spiro atoms.